The standard InChI is InChI=1S/C19H20N6O2/c1-27-18-6-5-14(13-22-18)25-17(15-4-2-3-7-21-15)12-16(23-25)19(26)24-10-8-20-9-11-24/h2-7,12-13,20H,8-11H2,1H3. The molecule has 138 valence electrons. The van der Waals surface area contributed by atoms with Crippen molar-refractivity contribution in [3.8, 4) is 23.0 Å². The average Bonchev–Trinajstić information content (AvgIpc) is 3.20. The Morgan fingerprint density at radius 1 is 1.15 bits per heavy atom. The third-order valence-corrected chi connectivity index (χ3v) is 4.43. The number of aromatic nitrogens is 4. The van der Waals surface area contributed by atoms with Crippen LogP contribution in [0.4, 0.5) is 0 Å². The Morgan fingerprint density at radius 2 is 2.00 bits per heavy atom. The molecule has 0 unspecified atom stereocenters. The molecule has 1 saturated heterocycles. The van der Waals surface area contributed by atoms with Gasteiger partial charge in [0.05, 0.1) is 30.4 Å². The molecule has 3 aromatic heterocycles. The molecule has 8 heteroatoms. The molecule has 4 heterocycles. The van der Waals surface area contributed by atoms with Gasteiger partial charge in [0.15, 0.2) is 5.69 Å². The zero-order chi connectivity index (χ0) is 18.6. The van der Waals surface area contributed by atoms with Crippen LogP contribution in [0.3, 0.4) is 0 Å². The Hall–Kier alpha value is -3.26. The summed E-state index contributed by atoms with van der Waals surface area (Å²) in [4.78, 5) is 23.4. The predicted octanol–water partition coefficient (Wildman–Crippen LogP) is 1.38. The zero-order valence-corrected chi connectivity index (χ0v) is 15.0. The first kappa shape index (κ1) is 17.2. The molecule has 1 aliphatic rings. The predicted molar refractivity (Wildman–Crippen MR) is 99.9 cm³/mol. The first-order valence-corrected chi connectivity index (χ1v) is 8.78. The van der Waals surface area contributed by atoms with Crippen molar-refractivity contribution >= 4 is 5.91 Å². The Balaban J connectivity index is 1.75. The van der Waals surface area contributed by atoms with Crippen molar-refractivity contribution in [2.45, 2.75) is 0 Å². The summed E-state index contributed by atoms with van der Waals surface area (Å²) in [5, 5.41) is 7.82. The van der Waals surface area contributed by atoms with Crippen LogP contribution in [0.25, 0.3) is 17.1 Å². The summed E-state index contributed by atoms with van der Waals surface area (Å²) < 4.78 is 6.82. The smallest absolute Gasteiger partial charge is 0.274 e. The van der Waals surface area contributed by atoms with Crippen LogP contribution in [-0.2, 0) is 0 Å². The number of carbonyl (C=O) groups excluding carboxylic acids is 1. The van der Waals surface area contributed by atoms with Gasteiger partial charge in [-0.1, -0.05) is 6.07 Å². The molecule has 0 atom stereocenters. The molecule has 1 fully saturated rings. The maximum absolute atomic E-state index is 12.9. The number of hydrogen-bond acceptors (Lipinski definition) is 6. The molecular weight excluding hydrogens is 344 g/mol. The summed E-state index contributed by atoms with van der Waals surface area (Å²) >= 11 is 0. The van der Waals surface area contributed by atoms with Gasteiger partial charge >= 0.3 is 0 Å². The lowest BCUT2D eigenvalue weighted by Crippen LogP contribution is -2.46. The van der Waals surface area contributed by atoms with Gasteiger partial charge in [-0.15, -0.1) is 0 Å². The van der Waals surface area contributed by atoms with Gasteiger partial charge in [0.25, 0.3) is 5.91 Å². The van der Waals surface area contributed by atoms with Crippen LogP contribution < -0.4 is 10.1 Å². The van der Waals surface area contributed by atoms with Gasteiger partial charge in [-0.25, -0.2) is 9.67 Å². The van der Waals surface area contributed by atoms with Gasteiger partial charge in [-0.3, -0.25) is 9.78 Å². The first-order valence-electron chi connectivity index (χ1n) is 8.78. The van der Waals surface area contributed by atoms with Crippen LogP contribution in [0.1, 0.15) is 10.5 Å². The van der Waals surface area contributed by atoms with E-state index in [-0.39, 0.29) is 5.91 Å². The normalized spacial score (nSPS) is 14.2. The van der Waals surface area contributed by atoms with Crippen LogP contribution in [0.5, 0.6) is 5.88 Å². The zero-order valence-electron chi connectivity index (χ0n) is 15.0. The molecule has 0 aromatic carbocycles. The van der Waals surface area contributed by atoms with E-state index in [1.807, 2.05) is 29.2 Å². The second-order valence-electron chi connectivity index (χ2n) is 6.14. The molecule has 0 radical (unpaired) electrons. The van der Waals surface area contributed by atoms with Crippen LogP contribution in [0.15, 0.2) is 48.8 Å². The molecule has 0 bridgehead atoms. The largest absolute Gasteiger partial charge is 0.481 e. The van der Waals surface area contributed by atoms with Crippen molar-refractivity contribution in [1.82, 2.24) is 30.0 Å². The van der Waals surface area contributed by atoms with E-state index in [0.717, 1.165) is 30.2 Å². The molecule has 4 rings (SSSR count). The van der Waals surface area contributed by atoms with Gasteiger partial charge in [0, 0.05) is 38.4 Å². The number of hydrogen-bond donors (Lipinski definition) is 1. The molecule has 0 aliphatic carbocycles. The van der Waals surface area contributed by atoms with Crippen molar-refractivity contribution in [3.05, 3.63) is 54.5 Å². The fraction of sp³-hybridized carbons (Fsp3) is 0.263. The number of pyridine rings is 2. The first-order chi connectivity index (χ1) is 13.3. The van der Waals surface area contributed by atoms with Gasteiger partial charge in [-0.05, 0) is 24.3 Å². The average molecular weight is 364 g/mol. The molecule has 3 aromatic rings. The maximum Gasteiger partial charge on any atom is 0.274 e. The summed E-state index contributed by atoms with van der Waals surface area (Å²) in [5.41, 5.74) is 2.60. The second-order valence-corrected chi connectivity index (χ2v) is 6.14. The number of nitrogens with one attached hydrogen (secondary N) is 1. The van der Waals surface area contributed by atoms with Crippen LogP contribution in [-0.4, -0.2) is 63.8 Å². The fourth-order valence-corrected chi connectivity index (χ4v) is 3.03. The number of ether oxygens (including phenoxy) is 1. The Kier molecular flexibility index (Phi) is 4.80. The van der Waals surface area contributed by atoms with E-state index in [2.05, 4.69) is 20.4 Å². The highest BCUT2D eigenvalue weighted by Gasteiger charge is 2.23. The van der Waals surface area contributed by atoms with E-state index in [0.29, 0.717) is 24.7 Å². The van der Waals surface area contributed by atoms with Crippen molar-refractivity contribution in [3.63, 3.8) is 0 Å². The minimum Gasteiger partial charge on any atom is -0.481 e. The third kappa shape index (κ3) is 3.52. The highest BCUT2D eigenvalue weighted by Crippen LogP contribution is 2.23. The minimum absolute atomic E-state index is 0.0751. The molecule has 1 N–H and O–H groups in total. The van der Waals surface area contributed by atoms with Crippen LogP contribution >= 0.6 is 0 Å². The SMILES string of the molecule is COc1ccc(-n2nc(C(=O)N3CCNCC3)cc2-c2ccccn2)cn1. The fourth-order valence-electron chi connectivity index (χ4n) is 3.03. The molecule has 27 heavy (non-hydrogen) atoms. The molecule has 0 saturated carbocycles. The highest BCUT2D eigenvalue weighted by molar-refractivity contribution is 5.93. The second kappa shape index (κ2) is 7.55. The van der Waals surface area contributed by atoms with Gasteiger partial charge in [0.2, 0.25) is 5.88 Å². The van der Waals surface area contributed by atoms with Gasteiger partial charge in [0.1, 0.15) is 0 Å². The minimum atomic E-state index is -0.0751. The molecule has 0 spiro atoms. The third-order valence-electron chi connectivity index (χ3n) is 4.43. The molecule has 1 amide bonds. The quantitative estimate of drug-likeness (QED) is 0.753. The van der Waals surface area contributed by atoms with Crippen molar-refractivity contribution in [1.29, 1.82) is 0 Å². The van der Waals surface area contributed by atoms with Crippen molar-refractivity contribution in [2.75, 3.05) is 33.3 Å². The van der Waals surface area contributed by atoms with Crippen LogP contribution in [0, 0.1) is 0 Å². The van der Waals surface area contributed by atoms with E-state index >= 15 is 0 Å². The van der Waals surface area contributed by atoms with E-state index in [9.17, 15) is 4.79 Å². The van der Waals surface area contributed by atoms with E-state index in [4.69, 9.17) is 4.74 Å². The topological polar surface area (TPSA) is 85.2 Å². The summed E-state index contributed by atoms with van der Waals surface area (Å²) in [6, 6.07) is 11.1. The maximum atomic E-state index is 12.9. The number of nitrogens with zero attached hydrogens (tertiary/aromatic N) is 5. The van der Waals surface area contributed by atoms with Crippen LogP contribution in [0.2, 0.25) is 0 Å². The van der Waals surface area contributed by atoms with Gasteiger partial charge < -0.3 is 15.0 Å². The monoisotopic (exact) mass is 364 g/mol. The lowest BCUT2D eigenvalue weighted by Gasteiger charge is -2.26. The Bertz CT molecular complexity index is 917. The summed E-state index contributed by atoms with van der Waals surface area (Å²) in [5.74, 6) is 0.441. The summed E-state index contributed by atoms with van der Waals surface area (Å²) in [7, 11) is 1.57. The van der Waals surface area contributed by atoms with Crippen molar-refractivity contribution < 1.29 is 9.53 Å². The Labute approximate surface area is 156 Å². The van der Waals surface area contributed by atoms with E-state index in [1.54, 1.807) is 36.3 Å². The summed E-state index contributed by atoms with van der Waals surface area (Å²) in [6.45, 7) is 2.94. The number of methoxy groups -OCH3 is 1. The lowest BCUT2D eigenvalue weighted by molar-refractivity contribution is 0.0729. The number of rotatable bonds is 4. The molecule has 8 nitrogen and oxygen atoms in total. The number of carbonyl (C=O) groups is 1. The van der Waals surface area contributed by atoms with E-state index in [1.165, 1.54) is 0 Å². The Morgan fingerprint density at radius 3 is 2.67 bits per heavy atom. The lowest BCUT2D eigenvalue weighted by atomic mass is 10.2. The molecular formula is C19H20N6O2. The number of amides is 1. The van der Waals surface area contributed by atoms with E-state index < -0.39 is 0 Å². The highest BCUT2D eigenvalue weighted by atomic mass is 16.5. The molecule has 1 aliphatic heterocycles. The van der Waals surface area contributed by atoms with Crippen molar-refractivity contribution in [2.24, 2.45) is 0 Å². The van der Waals surface area contributed by atoms with Gasteiger partial charge in [-0.2, -0.15) is 5.10 Å². The summed E-state index contributed by atoms with van der Waals surface area (Å²) in [6.07, 6.45) is 3.38. The number of piperazine rings is 1.